The molecule has 4 amide bonds. The van der Waals surface area contributed by atoms with Gasteiger partial charge in [-0.1, -0.05) is 69.0 Å². The molecule has 4 aromatic heterocycles. The van der Waals surface area contributed by atoms with Crippen molar-refractivity contribution in [3.63, 3.8) is 0 Å². The maximum absolute atomic E-state index is 14.0. The molecule has 2 unspecified atom stereocenters. The number of thiophene rings is 2. The van der Waals surface area contributed by atoms with Gasteiger partial charge >= 0.3 is 12.2 Å². The van der Waals surface area contributed by atoms with E-state index in [-0.39, 0.29) is 36.4 Å². The molecule has 1 aromatic carbocycles. The first kappa shape index (κ1) is 43.1. The minimum absolute atomic E-state index is 0.111. The Bertz CT molecular complexity index is 2440. The number of benzene rings is 1. The number of hydrogen-bond donors (Lipinski definition) is 4. The number of nitrogens with one attached hydrogen (secondary N) is 4. The summed E-state index contributed by atoms with van der Waals surface area (Å²) in [5.74, 6) is 0.902. The number of rotatable bonds is 14. The lowest BCUT2D eigenvalue weighted by atomic mass is 10.0. The van der Waals surface area contributed by atoms with Gasteiger partial charge in [0.15, 0.2) is 0 Å². The fourth-order valence-electron chi connectivity index (χ4n) is 7.99. The molecule has 4 N–H and O–H groups in total. The normalized spacial score (nSPS) is 17.7. The van der Waals surface area contributed by atoms with Crippen LogP contribution in [-0.4, -0.2) is 92.6 Å². The van der Waals surface area contributed by atoms with Crippen LogP contribution in [0.3, 0.4) is 0 Å². The fourth-order valence-corrected chi connectivity index (χ4v) is 10.4. The monoisotopic (exact) mass is 864 g/mol. The molecule has 0 radical (unpaired) electrons. The maximum atomic E-state index is 14.0. The molecular formula is C45H52N8O6S2. The van der Waals surface area contributed by atoms with Crippen molar-refractivity contribution in [2.75, 3.05) is 26.8 Å². The van der Waals surface area contributed by atoms with Crippen LogP contribution in [0.5, 0.6) is 0 Å². The zero-order chi connectivity index (χ0) is 43.2. The summed E-state index contributed by atoms with van der Waals surface area (Å²) in [5, 5.41) is 9.75. The molecule has 2 fully saturated rings. The van der Waals surface area contributed by atoms with Crippen molar-refractivity contribution in [1.29, 1.82) is 0 Å². The van der Waals surface area contributed by atoms with E-state index in [2.05, 4.69) is 62.2 Å². The van der Waals surface area contributed by atoms with Crippen LogP contribution in [0.25, 0.3) is 43.0 Å². The number of imidazole rings is 2. The van der Waals surface area contributed by atoms with E-state index in [1.54, 1.807) is 52.8 Å². The third-order valence-corrected chi connectivity index (χ3v) is 13.3. The largest absolute Gasteiger partial charge is 0.453 e. The van der Waals surface area contributed by atoms with E-state index >= 15 is 0 Å². The van der Waals surface area contributed by atoms with Gasteiger partial charge in [-0.3, -0.25) is 9.59 Å². The average Bonchev–Trinajstić information content (AvgIpc) is 4.11. The lowest BCUT2D eigenvalue weighted by molar-refractivity contribution is -0.135. The van der Waals surface area contributed by atoms with Crippen molar-refractivity contribution >= 4 is 56.1 Å². The number of aromatic nitrogens is 4. The van der Waals surface area contributed by atoms with Gasteiger partial charge in [-0.25, -0.2) is 19.6 Å². The molecule has 4 atom stereocenters. The van der Waals surface area contributed by atoms with Crippen LogP contribution in [0, 0.1) is 5.92 Å². The number of carbonyl (C=O) groups is 4. The van der Waals surface area contributed by atoms with Crippen LogP contribution < -0.4 is 10.6 Å². The SMILES string of the molecule is C=C(/C=C\C=C/C)[C@@H](NC(=O)OCC)C(=O)N1CCCC1c1ncc(-c2ccc(-c3csc4c(-c5cnc(C6CCCN6C(=O)[C@@H](NC(=O)OC)C(C)C)[nH]5)csc34)cc2)[nH]1. The number of amides is 4. The summed E-state index contributed by atoms with van der Waals surface area (Å²) in [5.41, 5.74) is 6.45. The van der Waals surface area contributed by atoms with Gasteiger partial charge < -0.3 is 39.9 Å². The molecule has 0 bridgehead atoms. The van der Waals surface area contributed by atoms with Crippen LogP contribution in [-0.2, 0) is 19.1 Å². The highest BCUT2D eigenvalue weighted by molar-refractivity contribution is 7.27. The van der Waals surface area contributed by atoms with Crippen molar-refractivity contribution < 1.29 is 28.7 Å². The summed E-state index contributed by atoms with van der Waals surface area (Å²) < 4.78 is 12.2. The lowest BCUT2D eigenvalue weighted by Gasteiger charge is -2.30. The molecule has 16 heteroatoms. The highest BCUT2D eigenvalue weighted by Crippen LogP contribution is 2.44. The zero-order valence-corrected chi connectivity index (χ0v) is 36.7. The summed E-state index contributed by atoms with van der Waals surface area (Å²) in [7, 11) is 1.29. The number of alkyl carbamates (subject to hydrolysis) is 2. The second kappa shape index (κ2) is 19.1. The molecule has 2 aliphatic rings. The first-order valence-electron chi connectivity index (χ1n) is 20.6. The Hall–Kier alpha value is -6.00. The van der Waals surface area contributed by atoms with Crippen molar-refractivity contribution in [3.05, 3.63) is 95.5 Å². The number of carbonyl (C=O) groups excluding carboxylic acids is 4. The topological polar surface area (TPSA) is 175 Å². The van der Waals surface area contributed by atoms with Crippen LogP contribution >= 0.6 is 22.7 Å². The molecule has 7 rings (SSSR count). The number of ether oxygens (including phenoxy) is 2. The Balaban J connectivity index is 1.05. The number of likely N-dealkylation sites (tertiary alicyclic amines) is 2. The van der Waals surface area contributed by atoms with Crippen molar-refractivity contribution in [1.82, 2.24) is 40.4 Å². The van der Waals surface area contributed by atoms with Gasteiger partial charge in [0, 0.05) is 35.0 Å². The number of aromatic amines is 2. The number of methoxy groups -OCH3 is 1. The lowest BCUT2D eigenvalue weighted by Crippen LogP contribution is -2.51. The zero-order valence-electron chi connectivity index (χ0n) is 35.0. The quantitative estimate of drug-likeness (QED) is 0.0801. The van der Waals surface area contributed by atoms with E-state index < -0.39 is 24.3 Å². The summed E-state index contributed by atoms with van der Waals surface area (Å²) in [4.78, 5) is 72.2. The maximum Gasteiger partial charge on any atom is 0.408 e. The van der Waals surface area contributed by atoms with Crippen molar-refractivity contribution in [3.8, 4) is 33.6 Å². The van der Waals surface area contributed by atoms with Gasteiger partial charge in [0.1, 0.15) is 23.7 Å². The Kier molecular flexibility index (Phi) is 13.5. The van der Waals surface area contributed by atoms with Gasteiger partial charge in [-0.15, -0.1) is 22.7 Å². The third-order valence-electron chi connectivity index (χ3n) is 11.1. The summed E-state index contributed by atoms with van der Waals surface area (Å²) in [6, 6.07) is 6.19. The van der Waals surface area contributed by atoms with E-state index in [0.29, 0.717) is 24.5 Å². The van der Waals surface area contributed by atoms with E-state index in [0.717, 1.165) is 69.8 Å². The van der Waals surface area contributed by atoms with Crippen LogP contribution in [0.1, 0.15) is 77.1 Å². The third kappa shape index (κ3) is 9.20. The molecule has 320 valence electrons. The Labute approximate surface area is 363 Å². The molecule has 2 saturated heterocycles. The van der Waals surface area contributed by atoms with E-state index in [1.165, 1.54) is 11.8 Å². The van der Waals surface area contributed by atoms with Gasteiger partial charge in [0.25, 0.3) is 5.91 Å². The van der Waals surface area contributed by atoms with Gasteiger partial charge in [0.2, 0.25) is 5.91 Å². The molecule has 6 heterocycles. The summed E-state index contributed by atoms with van der Waals surface area (Å²) >= 11 is 3.38. The number of hydrogen-bond acceptors (Lipinski definition) is 10. The standard InChI is InChI=1S/C45H52N8O6S2/c1-7-9-10-13-27(5)37(51-45(57)59-8-2)43(55)53-21-12-14-34(53)40-46-22-32(48-40)29-18-16-28(17-19-29)30-24-60-39-31(25-61-38(30)39)33-23-47-41(49-33)35-15-11-20-52(35)42(54)36(26(3)4)50-44(56)58-6/h7,9-10,13,16-19,22-26,34-37H,5,8,11-12,14-15,20-21H2,1-4,6H3,(H,46,48)(H,47,49)(H,50,56)(H,51,57)/b9-7-,13-10-/t34?,35?,36-,37+/m0/s1. The first-order chi connectivity index (χ1) is 29.5. The molecule has 0 spiro atoms. The van der Waals surface area contributed by atoms with E-state index in [9.17, 15) is 19.2 Å². The summed E-state index contributed by atoms with van der Waals surface area (Å²) in [6.45, 7) is 12.8. The second-order valence-electron chi connectivity index (χ2n) is 15.4. The highest BCUT2D eigenvalue weighted by Gasteiger charge is 2.39. The van der Waals surface area contributed by atoms with E-state index in [1.807, 2.05) is 44.0 Å². The van der Waals surface area contributed by atoms with Crippen LogP contribution in [0.4, 0.5) is 9.59 Å². The van der Waals surface area contributed by atoms with Crippen molar-refractivity contribution in [2.45, 2.75) is 77.5 Å². The van der Waals surface area contributed by atoms with Gasteiger partial charge in [-0.2, -0.15) is 0 Å². The van der Waals surface area contributed by atoms with E-state index in [4.69, 9.17) is 19.4 Å². The fraction of sp³-hybridized carbons (Fsp3) is 0.378. The predicted molar refractivity (Wildman–Crippen MR) is 239 cm³/mol. The van der Waals surface area contributed by atoms with Crippen LogP contribution in [0.15, 0.2) is 83.9 Å². The Morgan fingerprint density at radius 3 is 2.07 bits per heavy atom. The Morgan fingerprint density at radius 2 is 1.44 bits per heavy atom. The molecule has 14 nitrogen and oxygen atoms in total. The minimum Gasteiger partial charge on any atom is -0.453 e. The molecule has 2 aliphatic heterocycles. The first-order valence-corrected chi connectivity index (χ1v) is 22.3. The molecular weight excluding hydrogens is 813 g/mol. The molecule has 0 saturated carbocycles. The number of allylic oxidation sites excluding steroid dienone is 3. The van der Waals surface area contributed by atoms with Gasteiger partial charge in [0.05, 0.1) is 59.0 Å². The molecule has 5 aromatic rings. The smallest absolute Gasteiger partial charge is 0.408 e. The van der Waals surface area contributed by atoms with Gasteiger partial charge in [-0.05, 0) is 62.1 Å². The number of nitrogens with zero attached hydrogens (tertiary/aromatic N) is 4. The molecule has 61 heavy (non-hydrogen) atoms. The minimum atomic E-state index is -0.981. The average molecular weight is 865 g/mol. The summed E-state index contributed by atoms with van der Waals surface area (Å²) in [6.07, 6.45) is 12.7. The highest BCUT2D eigenvalue weighted by atomic mass is 32.1. The van der Waals surface area contributed by atoms with Crippen LogP contribution in [0.2, 0.25) is 0 Å². The molecule has 0 aliphatic carbocycles. The predicted octanol–water partition coefficient (Wildman–Crippen LogP) is 8.92. The second-order valence-corrected chi connectivity index (χ2v) is 17.2. The number of H-pyrrole nitrogens is 2. The van der Waals surface area contributed by atoms with Crippen molar-refractivity contribution in [2.24, 2.45) is 5.92 Å². The Morgan fingerprint density at radius 1 is 0.852 bits per heavy atom. The number of fused-ring (bicyclic) bond motifs is 1.